The lowest BCUT2D eigenvalue weighted by molar-refractivity contribution is -0.123. The zero-order chi connectivity index (χ0) is 28.9. The van der Waals surface area contributed by atoms with E-state index >= 15 is 0 Å². The van der Waals surface area contributed by atoms with Crippen molar-refractivity contribution in [2.75, 3.05) is 50.7 Å². The van der Waals surface area contributed by atoms with Crippen molar-refractivity contribution < 1.29 is 23.8 Å². The van der Waals surface area contributed by atoms with Gasteiger partial charge in [0.15, 0.2) is 5.78 Å². The van der Waals surface area contributed by atoms with Crippen LogP contribution >= 0.6 is 12.2 Å². The van der Waals surface area contributed by atoms with Crippen LogP contribution in [0.2, 0.25) is 0 Å². The largest absolute Gasteiger partial charge is 0.449 e. The van der Waals surface area contributed by atoms with Crippen LogP contribution in [0.1, 0.15) is 69.9 Å². The Hall–Kier alpha value is -3.01. The van der Waals surface area contributed by atoms with E-state index in [1.54, 1.807) is 7.05 Å². The summed E-state index contributed by atoms with van der Waals surface area (Å²) in [6.07, 6.45) is 4.12. The molecule has 0 fully saturated rings. The van der Waals surface area contributed by atoms with Crippen molar-refractivity contribution in [1.82, 2.24) is 5.32 Å². The van der Waals surface area contributed by atoms with E-state index in [-0.39, 0.29) is 31.0 Å². The summed E-state index contributed by atoms with van der Waals surface area (Å²) in [6, 6.07) is 12.3. The van der Waals surface area contributed by atoms with E-state index in [1.165, 1.54) is 0 Å². The van der Waals surface area contributed by atoms with Crippen molar-refractivity contribution in [3.05, 3.63) is 47.5 Å². The topological polar surface area (TPSA) is 97.9 Å². The number of ether oxygens (including phenoxy) is 3. The van der Waals surface area contributed by atoms with Gasteiger partial charge in [0.25, 0.3) is 0 Å². The summed E-state index contributed by atoms with van der Waals surface area (Å²) >= 11 is 5.50. The summed E-state index contributed by atoms with van der Waals surface area (Å²) in [5, 5.41) is 9.26. The summed E-state index contributed by atoms with van der Waals surface area (Å²) < 4.78 is 16.6. The number of fused-ring (bicyclic) bond motifs is 3. The maximum absolute atomic E-state index is 12.3. The number of thiocarbonyl (C=S) groups is 1. The lowest BCUT2D eigenvalue weighted by Crippen LogP contribution is -2.23. The number of amides is 1. The van der Waals surface area contributed by atoms with Gasteiger partial charge in [-0.25, -0.2) is 4.79 Å². The van der Waals surface area contributed by atoms with Gasteiger partial charge in [-0.05, 0) is 66.3 Å². The molecule has 1 aliphatic rings. The molecule has 40 heavy (non-hydrogen) atoms. The molecule has 2 aromatic rings. The molecule has 2 unspecified atom stereocenters. The van der Waals surface area contributed by atoms with Gasteiger partial charge in [-0.1, -0.05) is 51.0 Å². The molecule has 0 spiro atoms. The number of nitrogens with one attached hydrogen (secondary N) is 3. The minimum atomic E-state index is -0.475. The lowest BCUT2D eigenvalue weighted by Gasteiger charge is -2.18. The minimum Gasteiger partial charge on any atom is -0.449 e. The zero-order valence-electron chi connectivity index (χ0n) is 24.1. The van der Waals surface area contributed by atoms with Gasteiger partial charge in [-0.15, -0.1) is 0 Å². The summed E-state index contributed by atoms with van der Waals surface area (Å²) in [5.74, 6) is -0.0766. The number of carbonyl (C=O) groups is 2. The van der Waals surface area contributed by atoms with Gasteiger partial charge in [0.2, 0.25) is 0 Å². The molecule has 0 saturated heterocycles. The first-order chi connectivity index (χ1) is 19.4. The third-order valence-electron chi connectivity index (χ3n) is 6.70. The van der Waals surface area contributed by atoms with Crippen LogP contribution in [0.5, 0.6) is 0 Å². The third kappa shape index (κ3) is 9.28. The van der Waals surface area contributed by atoms with Crippen LogP contribution in [0.4, 0.5) is 16.2 Å². The van der Waals surface area contributed by atoms with Gasteiger partial charge >= 0.3 is 6.09 Å². The van der Waals surface area contributed by atoms with Crippen LogP contribution in [0, 0.1) is 0 Å². The Balaban J connectivity index is 1.73. The standard InChI is InChI=1S/C31H43N3O5S/c1-5-7-8-14-38-20-30(40)34-23-10-12-26-25-11-9-22(33-21(3)15-24(35)18-37-13-6-2)16-27(25)29(28(26)17-23)19-39-31(36)32-4/h9-12,16-17,21,29,33H,5-8,13-15,18-20H2,1-4H3,(H,32,36)(H,34,40). The van der Waals surface area contributed by atoms with Crippen LogP contribution in [0.15, 0.2) is 36.4 Å². The quantitative estimate of drug-likeness (QED) is 0.151. The summed E-state index contributed by atoms with van der Waals surface area (Å²) in [6.45, 7) is 8.17. The number of hydrogen-bond donors (Lipinski definition) is 3. The molecule has 2 atom stereocenters. The van der Waals surface area contributed by atoms with E-state index < -0.39 is 6.09 Å². The smallest absolute Gasteiger partial charge is 0.406 e. The number of hydrogen-bond acceptors (Lipinski definition) is 7. The highest BCUT2D eigenvalue weighted by atomic mass is 32.1. The second-order valence-corrected chi connectivity index (χ2v) is 10.6. The van der Waals surface area contributed by atoms with E-state index in [0.717, 1.165) is 59.3 Å². The van der Waals surface area contributed by atoms with Crippen LogP contribution in [0.3, 0.4) is 0 Å². The Morgan fingerprint density at radius 2 is 1.60 bits per heavy atom. The molecule has 0 radical (unpaired) electrons. The van der Waals surface area contributed by atoms with Gasteiger partial charge in [-0.3, -0.25) is 4.79 Å². The average molecular weight is 570 g/mol. The maximum atomic E-state index is 12.3. The van der Waals surface area contributed by atoms with E-state index in [9.17, 15) is 9.59 Å². The normalized spacial score (nSPS) is 14.2. The van der Waals surface area contributed by atoms with Crippen molar-refractivity contribution in [3.63, 3.8) is 0 Å². The molecule has 2 aromatic carbocycles. The molecule has 1 aliphatic carbocycles. The summed E-state index contributed by atoms with van der Waals surface area (Å²) in [4.78, 5) is 24.8. The molecule has 1 amide bonds. The number of carbonyl (C=O) groups excluding carboxylic acids is 2. The number of benzene rings is 2. The van der Waals surface area contributed by atoms with Crippen molar-refractivity contribution in [3.8, 4) is 11.1 Å². The molecule has 0 heterocycles. The number of anilines is 2. The number of Topliss-reactive ketones (excluding diaryl/α,β-unsaturated/α-hetero) is 1. The van der Waals surface area contributed by atoms with E-state index in [1.807, 2.05) is 26.0 Å². The number of alkyl carbamates (subject to hydrolysis) is 1. The van der Waals surface area contributed by atoms with Gasteiger partial charge in [0, 0.05) is 50.0 Å². The SMILES string of the molecule is CCCCCOCC(=S)Nc1ccc2c(c1)C(COC(=O)NC)c1cc(NC(C)CC(=O)COCCC)ccc1-2. The highest BCUT2D eigenvalue weighted by molar-refractivity contribution is 7.80. The predicted octanol–water partition coefficient (Wildman–Crippen LogP) is 6.29. The molecular formula is C31H43N3O5S. The maximum Gasteiger partial charge on any atom is 0.406 e. The number of ketones is 1. The van der Waals surface area contributed by atoms with Gasteiger partial charge in [0.05, 0.1) is 6.61 Å². The monoisotopic (exact) mass is 569 g/mol. The average Bonchev–Trinajstić information content (AvgIpc) is 3.23. The van der Waals surface area contributed by atoms with Gasteiger partial charge < -0.3 is 30.2 Å². The molecule has 218 valence electrons. The third-order valence-corrected chi connectivity index (χ3v) is 6.92. The second-order valence-electron chi connectivity index (χ2n) is 10.2. The molecule has 9 heteroatoms. The van der Waals surface area contributed by atoms with E-state index in [0.29, 0.717) is 31.2 Å². The van der Waals surface area contributed by atoms with Crippen LogP contribution in [-0.4, -0.2) is 63.0 Å². The Labute approximate surface area is 243 Å². The first-order valence-electron chi connectivity index (χ1n) is 14.2. The van der Waals surface area contributed by atoms with E-state index in [4.69, 9.17) is 26.4 Å². The van der Waals surface area contributed by atoms with E-state index in [2.05, 4.69) is 47.1 Å². The number of rotatable bonds is 17. The molecule has 0 aliphatic heterocycles. The molecule has 3 rings (SSSR count). The molecule has 0 aromatic heterocycles. The minimum absolute atomic E-state index is 0.0545. The highest BCUT2D eigenvalue weighted by Gasteiger charge is 2.30. The van der Waals surface area contributed by atoms with Crippen molar-refractivity contribution in [2.24, 2.45) is 0 Å². The lowest BCUT2D eigenvalue weighted by atomic mass is 9.97. The fraction of sp³-hybridized carbons (Fsp3) is 0.516. The fourth-order valence-electron chi connectivity index (χ4n) is 4.82. The molecule has 0 saturated carbocycles. The Morgan fingerprint density at radius 3 is 2.27 bits per heavy atom. The zero-order valence-corrected chi connectivity index (χ0v) is 25.0. The molecular weight excluding hydrogens is 526 g/mol. The van der Waals surface area contributed by atoms with Crippen LogP contribution in [0.25, 0.3) is 11.1 Å². The van der Waals surface area contributed by atoms with Crippen LogP contribution in [-0.2, 0) is 19.0 Å². The molecule has 0 bridgehead atoms. The Morgan fingerprint density at radius 1 is 0.925 bits per heavy atom. The van der Waals surface area contributed by atoms with Crippen molar-refractivity contribution in [2.45, 2.75) is 64.8 Å². The summed E-state index contributed by atoms with van der Waals surface area (Å²) in [5.41, 5.74) is 6.09. The van der Waals surface area contributed by atoms with Crippen molar-refractivity contribution >= 4 is 40.5 Å². The number of unbranched alkanes of at least 4 members (excludes halogenated alkanes) is 2. The Kier molecular flexibility index (Phi) is 12.8. The Bertz CT molecular complexity index is 1160. The highest BCUT2D eigenvalue weighted by Crippen LogP contribution is 2.47. The predicted molar refractivity (Wildman–Crippen MR) is 165 cm³/mol. The van der Waals surface area contributed by atoms with Crippen molar-refractivity contribution in [1.29, 1.82) is 0 Å². The second kappa shape index (κ2) is 16.3. The van der Waals surface area contributed by atoms with Gasteiger partial charge in [0.1, 0.15) is 18.2 Å². The molecule has 8 nitrogen and oxygen atoms in total. The fourth-order valence-corrected chi connectivity index (χ4v) is 5.02. The van der Waals surface area contributed by atoms with Crippen LogP contribution < -0.4 is 16.0 Å². The van der Waals surface area contributed by atoms with Gasteiger partial charge in [-0.2, -0.15) is 0 Å². The first-order valence-corrected chi connectivity index (χ1v) is 14.6. The summed E-state index contributed by atoms with van der Waals surface area (Å²) in [7, 11) is 1.55. The first kappa shape index (κ1) is 31.5. The molecule has 3 N–H and O–H groups in total.